The molecule has 9 heteroatoms. The number of hydrogen-bond acceptors (Lipinski definition) is 3. The normalized spacial score (nSPS) is 12.5. The van der Waals surface area contributed by atoms with Crippen molar-refractivity contribution in [2.24, 2.45) is 0 Å². The molecule has 25 heavy (non-hydrogen) atoms. The SMILES string of the molecule is C#CC(C)Oc1cc(Cc2ncc(C(F)(F)F)[nH]c2=O)c(F)cc1Cl. The smallest absolute Gasteiger partial charge is 0.432 e. The molecule has 2 aromatic rings. The molecule has 0 saturated carbocycles. The van der Waals surface area contributed by atoms with Gasteiger partial charge in [-0.3, -0.25) is 9.78 Å². The quantitative estimate of drug-likeness (QED) is 0.657. The van der Waals surface area contributed by atoms with E-state index in [1.54, 1.807) is 11.9 Å². The summed E-state index contributed by atoms with van der Waals surface area (Å²) in [5.74, 6) is 1.64. The topological polar surface area (TPSA) is 55.0 Å². The predicted octanol–water partition coefficient (Wildman–Crippen LogP) is 3.57. The van der Waals surface area contributed by atoms with Gasteiger partial charge in [-0.25, -0.2) is 4.39 Å². The minimum Gasteiger partial charge on any atom is -0.476 e. The number of nitrogens with zero attached hydrogens (tertiary/aromatic N) is 1. The van der Waals surface area contributed by atoms with Crippen LogP contribution in [-0.4, -0.2) is 16.1 Å². The lowest BCUT2D eigenvalue weighted by Gasteiger charge is -2.13. The molecule has 1 aromatic heterocycles. The predicted molar refractivity (Wildman–Crippen MR) is 83.0 cm³/mol. The van der Waals surface area contributed by atoms with E-state index < -0.39 is 29.4 Å². The van der Waals surface area contributed by atoms with Gasteiger partial charge in [-0.2, -0.15) is 13.2 Å². The van der Waals surface area contributed by atoms with E-state index in [1.807, 2.05) is 0 Å². The molecule has 1 N–H and O–H groups in total. The molecule has 2 rings (SSSR count). The van der Waals surface area contributed by atoms with Gasteiger partial charge in [-0.1, -0.05) is 17.5 Å². The summed E-state index contributed by atoms with van der Waals surface area (Å²) in [5, 5.41) is -0.0300. The average Bonchev–Trinajstić information content (AvgIpc) is 2.52. The molecule has 0 radical (unpaired) electrons. The molecule has 0 saturated heterocycles. The Morgan fingerprint density at radius 1 is 1.44 bits per heavy atom. The fraction of sp³-hybridized carbons (Fsp3) is 0.250. The molecule has 0 aliphatic rings. The van der Waals surface area contributed by atoms with E-state index in [-0.39, 0.29) is 28.5 Å². The number of terminal acetylenes is 1. The second-order valence-electron chi connectivity index (χ2n) is 5.05. The van der Waals surface area contributed by atoms with Crippen LogP contribution in [0.3, 0.4) is 0 Å². The highest BCUT2D eigenvalue weighted by molar-refractivity contribution is 6.32. The summed E-state index contributed by atoms with van der Waals surface area (Å²) in [4.78, 5) is 16.9. The Morgan fingerprint density at radius 3 is 2.68 bits per heavy atom. The molecule has 0 amide bonds. The minimum absolute atomic E-state index is 0.0265. The van der Waals surface area contributed by atoms with Crippen molar-refractivity contribution in [3.05, 3.63) is 56.5 Å². The molecule has 0 aliphatic heterocycles. The van der Waals surface area contributed by atoms with E-state index in [0.717, 1.165) is 6.07 Å². The maximum atomic E-state index is 14.0. The van der Waals surface area contributed by atoms with E-state index in [2.05, 4.69) is 10.9 Å². The number of H-pyrrole nitrogens is 1. The number of ether oxygens (including phenoxy) is 1. The second kappa shape index (κ2) is 7.15. The van der Waals surface area contributed by atoms with Gasteiger partial charge in [0.1, 0.15) is 23.0 Å². The fourth-order valence-corrected chi connectivity index (χ4v) is 2.09. The van der Waals surface area contributed by atoms with Gasteiger partial charge in [0.2, 0.25) is 0 Å². The lowest BCUT2D eigenvalue weighted by Crippen LogP contribution is -2.21. The van der Waals surface area contributed by atoms with E-state index >= 15 is 0 Å². The molecule has 4 nitrogen and oxygen atoms in total. The summed E-state index contributed by atoms with van der Waals surface area (Å²) in [5.41, 5.74) is -2.67. The third-order valence-corrected chi connectivity index (χ3v) is 3.46. The number of halogens is 5. The minimum atomic E-state index is -4.73. The summed E-state index contributed by atoms with van der Waals surface area (Å²) in [6, 6.07) is 2.19. The highest BCUT2D eigenvalue weighted by atomic mass is 35.5. The summed E-state index contributed by atoms with van der Waals surface area (Å²) >= 11 is 5.87. The average molecular weight is 375 g/mol. The Labute approximate surface area is 144 Å². The number of rotatable bonds is 4. The monoisotopic (exact) mass is 374 g/mol. The van der Waals surface area contributed by atoms with E-state index in [0.29, 0.717) is 6.20 Å². The summed E-state index contributed by atoms with van der Waals surface area (Å²) in [6.07, 6.45) is -0.0535. The van der Waals surface area contributed by atoms with Crippen molar-refractivity contribution in [1.29, 1.82) is 0 Å². The lowest BCUT2D eigenvalue weighted by atomic mass is 10.1. The van der Waals surface area contributed by atoms with Crippen molar-refractivity contribution in [2.45, 2.75) is 25.6 Å². The van der Waals surface area contributed by atoms with Crippen molar-refractivity contribution in [3.8, 4) is 18.1 Å². The molecule has 1 atom stereocenters. The Bertz CT molecular complexity index is 887. The first-order valence-electron chi connectivity index (χ1n) is 6.88. The molecule has 0 fully saturated rings. The number of nitrogens with one attached hydrogen (secondary N) is 1. The van der Waals surface area contributed by atoms with E-state index in [4.69, 9.17) is 22.8 Å². The van der Waals surface area contributed by atoms with Gasteiger partial charge in [0.15, 0.2) is 6.10 Å². The van der Waals surface area contributed by atoms with Crippen molar-refractivity contribution < 1.29 is 22.3 Å². The highest BCUT2D eigenvalue weighted by Crippen LogP contribution is 2.30. The number of alkyl halides is 3. The molecule has 1 aromatic carbocycles. The van der Waals surface area contributed by atoms with Crippen molar-refractivity contribution in [2.75, 3.05) is 0 Å². The van der Waals surface area contributed by atoms with Crippen LogP contribution in [0, 0.1) is 18.2 Å². The summed E-state index contributed by atoms with van der Waals surface area (Å²) in [7, 11) is 0. The van der Waals surface area contributed by atoms with Crippen LogP contribution >= 0.6 is 11.6 Å². The second-order valence-corrected chi connectivity index (χ2v) is 5.46. The van der Waals surface area contributed by atoms with Crippen LogP contribution in [0.4, 0.5) is 17.6 Å². The van der Waals surface area contributed by atoms with Crippen LogP contribution in [0.1, 0.15) is 23.9 Å². The molecular formula is C16H11ClF4N2O2. The molecule has 0 aliphatic carbocycles. The standard InChI is InChI=1S/C16H11ClF4N2O2/c1-3-8(2)25-13-5-9(11(18)6-10(13)17)4-12-15(24)23-14(7-22-12)16(19,20)21/h1,5-8H,4H2,2H3,(H,23,24). The highest BCUT2D eigenvalue weighted by Gasteiger charge is 2.32. The number of aromatic amines is 1. The van der Waals surface area contributed by atoms with Gasteiger partial charge >= 0.3 is 6.18 Å². The molecule has 1 heterocycles. The van der Waals surface area contributed by atoms with E-state index in [1.165, 1.54) is 6.07 Å². The Morgan fingerprint density at radius 2 is 2.12 bits per heavy atom. The van der Waals surface area contributed by atoms with Crippen LogP contribution in [0.25, 0.3) is 0 Å². The van der Waals surface area contributed by atoms with Gasteiger partial charge in [0, 0.05) is 6.42 Å². The third-order valence-electron chi connectivity index (χ3n) is 3.16. The zero-order chi connectivity index (χ0) is 18.8. The third kappa shape index (κ3) is 4.51. The van der Waals surface area contributed by atoms with Gasteiger partial charge in [-0.05, 0) is 24.6 Å². The molecule has 1 unspecified atom stereocenters. The van der Waals surface area contributed by atoms with Gasteiger partial charge < -0.3 is 9.72 Å². The first-order chi connectivity index (χ1) is 11.6. The zero-order valence-electron chi connectivity index (χ0n) is 12.7. The maximum Gasteiger partial charge on any atom is 0.432 e. The lowest BCUT2D eigenvalue weighted by molar-refractivity contribution is -0.141. The molecule has 0 bridgehead atoms. The van der Waals surface area contributed by atoms with Gasteiger partial charge in [0.05, 0.1) is 11.2 Å². The number of benzene rings is 1. The largest absolute Gasteiger partial charge is 0.476 e. The van der Waals surface area contributed by atoms with E-state index in [9.17, 15) is 22.4 Å². The summed E-state index contributed by atoms with van der Waals surface area (Å²) in [6.45, 7) is 1.57. The Hall–Kier alpha value is -2.53. The molecule has 132 valence electrons. The maximum absolute atomic E-state index is 14.0. The first kappa shape index (κ1) is 18.8. The van der Waals surface area contributed by atoms with Crippen molar-refractivity contribution >= 4 is 11.6 Å². The van der Waals surface area contributed by atoms with Crippen LogP contribution in [0.2, 0.25) is 5.02 Å². The van der Waals surface area contributed by atoms with Crippen molar-refractivity contribution in [1.82, 2.24) is 9.97 Å². The number of aromatic nitrogens is 2. The van der Waals surface area contributed by atoms with Crippen molar-refractivity contribution in [3.63, 3.8) is 0 Å². The summed E-state index contributed by atoms with van der Waals surface area (Å²) < 4.78 is 56.9. The van der Waals surface area contributed by atoms with Gasteiger partial charge in [0.25, 0.3) is 5.56 Å². The number of hydrogen-bond donors (Lipinski definition) is 1. The Balaban J connectivity index is 2.36. The van der Waals surface area contributed by atoms with Crippen LogP contribution in [0.5, 0.6) is 5.75 Å². The molecular weight excluding hydrogens is 364 g/mol. The van der Waals surface area contributed by atoms with Gasteiger partial charge in [-0.15, -0.1) is 6.42 Å². The Kier molecular flexibility index (Phi) is 5.38. The van der Waals surface area contributed by atoms with Crippen LogP contribution in [0.15, 0.2) is 23.1 Å². The molecule has 0 spiro atoms. The van der Waals surface area contributed by atoms with Crippen LogP contribution < -0.4 is 10.3 Å². The van der Waals surface area contributed by atoms with Crippen LogP contribution in [-0.2, 0) is 12.6 Å². The first-order valence-corrected chi connectivity index (χ1v) is 7.25. The zero-order valence-corrected chi connectivity index (χ0v) is 13.5. The fourth-order valence-electron chi connectivity index (χ4n) is 1.90.